The number of esters is 1. The number of aromatic carboxylic acids is 1. The van der Waals surface area contributed by atoms with Crippen molar-refractivity contribution in [2.45, 2.75) is 50.5 Å². The van der Waals surface area contributed by atoms with Crippen LogP contribution in [0.25, 0.3) is 0 Å². The van der Waals surface area contributed by atoms with E-state index in [1.807, 2.05) is 31.2 Å². The number of nitrogens with one attached hydrogen (secondary N) is 1. The largest absolute Gasteiger partial charge is 0.504 e. The number of ether oxygens (including phenoxy) is 6. The van der Waals surface area contributed by atoms with Gasteiger partial charge in [0.25, 0.3) is 0 Å². The topological polar surface area (TPSA) is 261 Å². The molecule has 0 amide bonds. The number of nitrogens with zero attached hydrogens (tertiary/aromatic N) is 1. The molecule has 51 heavy (non-hydrogen) atoms. The van der Waals surface area contributed by atoms with E-state index in [-0.39, 0.29) is 42.1 Å². The van der Waals surface area contributed by atoms with Crippen molar-refractivity contribution in [1.29, 1.82) is 0 Å². The van der Waals surface area contributed by atoms with E-state index < -0.39 is 72.1 Å². The predicted molar refractivity (Wildman–Crippen MR) is 179 cm³/mol. The third-order valence-electron chi connectivity index (χ3n) is 7.87. The standard InChI is InChI=1S/C34H41N3O14/c1-4-17-6-5-7-18(12-17)10-11-47-30-25(38)20(14-23(46-3)27(30)40)32(45)48-15-24-26(39)28(41)29(42)33(51-24)50-21-9-8-19(31(43)44)13-22(21)49-16-37-34(35)36-2/h5-9,12-14,24,26,28-29,33,38-42H,4,10-11,15-16H2,1-3H3,(H,43,44)(H3,35,36,37). The minimum Gasteiger partial charge on any atom is -0.504 e. The number of guanidine groups is 1. The van der Waals surface area contributed by atoms with Gasteiger partial charge in [-0.15, -0.1) is 0 Å². The highest BCUT2D eigenvalue weighted by Gasteiger charge is 2.46. The second-order valence-electron chi connectivity index (χ2n) is 11.2. The van der Waals surface area contributed by atoms with Crippen LogP contribution < -0.4 is 30.0 Å². The number of rotatable bonds is 15. The number of aryl methyl sites for hydroxylation is 1. The fraction of sp³-hybridized carbons (Fsp3) is 0.382. The third kappa shape index (κ3) is 9.40. The van der Waals surface area contributed by atoms with Gasteiger partial charge in [-0.1, -0.05) is 31.2 Å². The van der Waals surface area contributed by atoms with Gasteiger partial charge in [0.15, 0.2) is 35.7 Å². The number of methoxy groups -OCH3 is 1. The first-order chi connectivity index (χ1) is 24.4. The molecule has 0 saturated carbocycles. The molecular weight excluding hydrogens is 674 g/mol. The van der Waals surface area contributed by atoms with E-state index in [9.17, 15) is 40.2 Å². The molecule has 3 aromatic rings. The van der Waals surface area contributed by atoms with Gasteiger partial charge in [-0.25, -0.2) is 9.59 Å². The quantitative estimate of drug-likeness (QED) is 0.0470. The van der Waals surface area contributed by atoms with E-state index >= 15 is 0 Å². The molecule has 0 aromatic heterocycles. The number of carboxylic acids is 1. The average molecular weight is 716 g/mol. The van der Waals surface area contributed by atoms with Gasteiger partial charge in [0.05, 0.1) is 19.3 Å². The van der Waals surface area contributed by atoms with Gasteiger partial charge < -0.3 is 70.1 Å². The average Bonchev–Trinajstić information content (AvgIpc) is 3.13. The molecule has 1 aliphatic rings. The van der Waals surface area contributed by atoms with Crippen molar-refractivity contribution >= 4 is 17.9 Å². The van der Waals surface area contributed by atoms with Crippen molar-refractivity contribution in [3.05, 3.63) is 70.8 Å². The minimum absolute atomic E-state index is 0.0308. The molecule has 0 spiro atoms. The number of phenols is 2. The molecule has 0 radical (unpaired) electrons. The number of aliphatic imine (C=N–C) groups is 1. The Morgan fingerprint density at radius 3 is 2.37 bits per heavy atom. The van der Waals surface area contributed by atoms with E-state index in [0.717, 1.165) is 29.7 Å². The van der Waals surface area contributed by atoms with Crippen LogP contribution >= 0.6 is 0 Å². The van der Waals surface area contributed by atoms with Gasteiger partial charge in [-0.2, -0.15) is 0 Å². The van der Waals surface area contributed by atoms with Crippen molar-refractivity contribution in [3.8, 4) is 34.5 Å². The lowest BCUT2D eigenvalue weighted by Gasteiger charge is -2.40. The predicted octanol–water partition coefficient (Wildman–Crippen LogP) is 0.902. The summed E-state index contributed by atoms with van der Waals surface area (Å²) in [4.78, 5) is 28.4. The molecule has 5 atom stereocenters. The highest BCUT2D eigenvalue weighted by molar-refractivity contribution is 5.95. The Labute approximate surface area is 292 Å². The van der Waals surface area contributed by atoms with Crippen molar-refractivity contribution in [2.24, 2.45) is 10.7 Å². The smallest absolute Gasteiger partial charge is 0.342 e. The van der Waals surface area contributed by atoms with Crippen molar-refractivity contribution in [2.75, 3.05) is 34.1 Å². The van der Waals surface area contributed by atoms with Gasteiger partial charge >= 0.3 is 11.9 Å². The maximum absolute atomic E-state index is 13.2. The van der Waals surface area contributed by atoms with Gasteiger partial charge in [0.1, 0.15) is 36.6 Å². The molecule has 1 fully saturated rings. The summed E-state index contributed by atoms with van der Waals surface area (Å²) in [5, 5.41) is 65.5. The summed E-state index contributed by atoms with van der Waals surface area (Å²) in [5.41, 5.74) is 7.07. The highest BCUT2D eigenvalue weighted by Crippen LogP contribution is 2.46. The van der Waals surface area contributed by atoms with E-state index in [1.54, 1.807) is 0 Å². The lowest BCUT2D eigenvalue weighted by atomic mass is 9.99. The molecule has 9 N–H and O–H groups in total. The number of hydrogen-bond donors (Lipinski definition) is 8. The SMILES string of the molecule is CCc1cccc(CCOc2c(O)c(OC)cc(C(=O)OCC3OC(Oc4ccc(C(=O)O)cc4OCNC(N)=NC)C(O)C(O)C3O)c2O)c1. The Hall–Kier alpha value is -5.49. The number of hydrogen-bond acceptors (Lipinski definition) is 14. The van der Waals surface area contributed by atoms with Crippen LogP contribution in [0.4, 0.5) is 0 Å². The fourth-order valence-electron chi connectivity index (χ4n) is 4.97. The number of carboxylic acid groups (broad SMARTS) is 1. The molecule has 1 aliphatic heterocycles. The van der Waals surface area contributed by atoms with Crippen LogP contribution in [-0.2, 0) is 22.3 Å². The van der Waals surface area contributed by atoms with Crippen molar-refractivity contribution in [3.63, 3.8) is 0 Å². The Bertz CT molecular complexity index is 1720. The van der Waals surface area contributed by atoms with Gasteiger partial charge in [-0.3, -0.25) is 4.99 Å². The monoisotopic (exact) mass is 715 g/mol. The van der Waals surface area contributed by atoms with Crippen LogP contribution in [0.1, 0.15) is 38.8 Å². The minimum atomic E-state index is -1.85. The zero-order valence-corrected chi connectivity index (χ0v) is 28.0. The molecule has 276 valence electrons. The number of aromatic hydroxyl groups is 2. The Kier molecular flexibility index (Phi) is 13.1. The van der Waals surface area contributed by atoms with Crippen LogP contribution in [0.5, 0.6) is 34.5 Å². The number of carbonyl (C=O) groups is 2. The first-order valence-corrected chi connectivity index (χ1v) is 15.7. The molecule has 17 nitrogen and oxygen atoms in total. The maximum Gasteiger partial charge on any atom is 0.342 e. The summed E-state index contributed by atoms with van der Waals surface area (Å²) >= 11 is 0. The first-order valence-electron chi connectivity index (χ1n) is 15.7. The molecule has 1 saturated heterocycles. The number of nitrogens with two attached hydrogens (primary N) is 1. The van der Waals surface area contributed by atoms with Crippen LogP contribution in [0, 0.1) is 0 Å². The Balaban J connectivity index is 1.47. The number of carbonyl (C=O) groups excluding carboxylic acids is 1. The number of phenolic OH excluding ortho intramolecular Hbond substituents is 2. The van der Waals surface area contributed by atoms with Gasteiger partial charge in [0, 0.05) is 19.5 Å². The summed E-state index contributed by atoms with van der Waals surface area (Å²) < 4.78 is 33.1. The van der Waals surface area contributed by atoms with Gasteiger partial charge in [0.2, 0.25) is 17.8 Å². The molecule has 3 aromatic carbocycles. The molecule has 1 heterocycles. The first kappa shape index (κ1) is 38.3. The number of benzene rings is 3. The fourth-order valence-corrected chi connectivity index (χ4v) is 4.97. The second kappa shape index (κ2) is 17.4. The molecule has 0 aliphatic carbocycles. The number of aliphatic hydroxyl groups is 3. The van der Waals surface area contributed by atoms with E-state index in [1.165, 1.54) is 26.3 Å². The van der Waals surface area contributed by atoms with Crippen LogP contribution in [0.3, 0.4) is 0 Å². The molecule has 5 unspecified atom stereocenters. The van der Waals surface area contributed by atoms with E-state index in [2.05, 4.69) is 10.3 Å². The summed E-state index contributed by atoms with van der Waals surface area (Å²) in [7, 11) is 2.67. The van der Waals surface area contributed by atoms with Crippen LogP contribution in [0.2, 0.25) is 0 Å². The van der Waals surface area contributed by atoms with Crippen molar-refractivity contribution in [1.82, 2.24) is 5.32 Å². The molecule has 17 heteroatoms. The van der Waals surface area contributed by atoms with E-state index in [4.69, 9.17) is 34.2 Å². The maximum atomic E-state index is 13.2. The second-order valence-corrected chi connectivity index (χ2v) is 11.2. The van der Waals surface area contributed by atoms with Gasteiger partial charge in [-0.05, 0) is 35.7 Å². The van der Waals surface area contributed by atoms with Crippen molar-refractivity contribution < 1.29 is 68.6 Å². The highest BCUT2D eigenvalue weighted by atomic mass is 16.7. The zero-order chi connectivity index (χ0) is 37.2. The summed E-state index contributed by atoms with van der Waals surface area (Å²) in [6.07, 6.45) is -7.33. The molecule has 4 rings (SSSR count). The number of aliphatic hydroxyl groups excluding tert-OH is 3. The lowest BCUT2D eigenvalue weighted by Crippen LogP contribution is -2.60. The lowest BCUT2D eigenvalue weighted by molar-refractivity contribution is -0.277. The Morgan fingerprint density at radius 1 is 0.941 bits per heavy atom. The molecular formula is C34H41N3O14. The normalized spacial score (nSPS) is 20.3. The Morgan fingerprint density at radius 2 is 1.69 bits per heavy atom. The van der Waals surface area contributed by atoms with Crippen LogP contribution in [-0.4, -0.2) is 113 Å². The van der Waals surface area contributed by atoms with Crippen LogP contribution in [0.15, 0.2) is 53.5 Å². The summed E-state index contributed by atoms with van der Waals surface area (Å²) in [6.45, 7) is 1.09. The summed E-state index contributed by atoms with van der Waals surface area (Å²) in [6, 6.07) is 12.4. The van der Waals surface area contributed by atoms with E-state index in [0.29, 0.717) is 6.42 Å². The third-order valence-corrected chi connectivity index (χ3v) is 7.87. The zero-order valence-electron chi connectivity index (χ0n) is 28.0. The molecule has 0 bridgehead atoms. The summed E-state index contributed by atoms with van der Waals surface area (Å²) in [5.74, 6) is -4.51.